The van der Waals surface area contributed by atoms with E-state index < -0.39 is 23.6 Å². The maximum Gasteiger partial charge on any atom is 0.416 e. The Hall–Kier alpha value is -3.66. The number of thiophene rings is 1. The molecule has 1 saturated carbocycles. The fraction of sp³-hybridized carbons (Fsp3) is 0.240. The van der Waals surface area contributed by atoms with E-state index in [9.17, 15) is 22.8 Å². The van der Waals surface area contributed by atoms with E-state index in [0.29, 0.717) is 23.2 Å². The van der Waals surface area contributed by atoms with E-state index in [1.807, 2.05) is 24.3 Å². The van der Waals surface area contributed by atoms with Crippen molar-refractivity contribution in [2.45, 2.75) is 31.4 Å². The highest BCUT2D eigenvalue weighted by Crippen LogP contribution is 2.41. The number of carbonyl (C=O) groups is 2. The Morgan fingerprint density at radius 3 is 2.63 bits per heavy atom. The Labute approximate surface area is 202 Å². The van der Waals surface area contributed by atoms with Gasteiger partial charge in [-0.25, -0.2) is 4.68 Å². The minimum absolute atomic E-state index is 0.199. The molecule has 180 valence electrons. The molecule has 6 nitrogen and oxygen atoms in total. The smallest absolute Gasteiger partial charge is 0.368 e. The van der Waals surface area contributed by atoms with E-state index in [4.69, 9.17) is 10.8 Å². The third-order valence-electron chi connectivity index (χ3n) is 5.83. The van der Waals surface area contributed by atoms with Gasteiger partial charge in [-0.05, 0) is 42.0 Å². The highest BCUT2D eigenvalue weighted by molar-refractivity contribution is 7.19. The molecule has 0 aliphatic heterocycles. The van der Waals surface area contributed by atoms with Gasteiger partial charge in [-0.3, -0.25) is 9.59 Å². The maximum absolute atomic E-state index is 13.1. The van der Waals surface area contributed by atoms with Crippen LogP contribution in [-0.2, 0) is 17.4 Å². The van der Waals surface area contributed by atoms with Crippen molar-refractivity contribution in [1.82, 2.24) is 15.1 Å². The van der Waals surface area contributed by atoms with Crippen LogP contribution < -0.4 is 11.1 Å². The summed E-state index contributed by atoms with van der Waals surface area (Å²) >= 11 is 1.48. The van der Waals surface area contributed by atoms with Crippen LogP contribution >= 0.6 is 11.3 Å². The lowest BCUT2D eigenvalue weighted by atomic mass is 10.1. The molecule has 2 aromatic heterocycles. The molecule has 0 bridgehead atoms. The minimum Gasteiger partial charge on any atom is -0.368 e. The highest BCUT2D eigenvalue weighted by atomic mass is 32.1. The lowest BCUT2D eigenvalue weighted by molar-refractivity contribution is -0.137. The molecule has 35 heavy (non-hydrogen) atoms. The van der Waals surface area contributed by atoms with Gasteiger partial charge in [0.05, 0.1) is 33.8 Å². The minimum atomic E-state index is -4.38. The number of amides is 2. The van der Waals surface area contributed by atoms with Crippen LogP contribution in [0.3, 0.4) is 0 Å². The average molecular weight is 499 g/mol. The van der Waals surface area contributed by atoms with Crippen LogP contribution in [0.15, 0.2) is 54.7 Å². The van der Waals surface area contributed by atoms with Crippen molar-refractivity contribution >= 4 is 33.2 Å². The number of nitrogens with one attached hydrogen (secondary N) is 1. The lowest BCUT2D eigenvalue weighted by Gasteiger charge is -2.08. The molecule has 0 atom stereocenters. The fourth-order valence-electron chi connectivity index (χ4n) is 4.03. The van der Waals surface area contributed by atoms with Crippen molar-refractivity contribution < 1.29 is 22.8 Å². The first kappa shape index (κ1) is 23.1. The predicted octanol–water partition coefficient (Wildman–Crippen LogP) is 4.79. The van der Waals surface area contributed by atoms with Crippen molar-refractivity contribution in [3.8, 4) is 5.69 Å². The molecule has 10 heteroatoms. The molecule has 0 unspecified atom stereocenters. The molecule has 3 N–H and O–H groups in total. The largest absolute Gasteiger partial charge is 0.416 e. The Bertz CT molecular complexity index is 1440. The summed E-state index contributed by atoms with van der Waals surface area (Å²) < 4.78 is 41.9. The summed E-state index contributed by atoms with van der Waals surface area (Å²) in [5.41, 5.74) is 6.93. The fourth-order valence-corrected chi connectivity index (χ4v) is 5.23. The standard InChI is InChI=1S/C25H21F3N4O2S/c26-25(27,28)17-5-1-3-14(9-17)10-18-11-16-4-2-6-20(23(16)35-18)32-13-19(22(31-32)15-7-8-15)24(34)30-12-21(29)33/h1-6,9,11,13,15H,7-8,10,12H2,(H2,29,33)(H,30,34). The molecule has 2 amide bonds. The number of primary amides is 1. The van der Waals surface area contributed by atoms with Crippen LogP contribution in [0.25, 0.3) is 15.8 Å². The van der Waals surface area contributed by atoms with Crippen molar-refractivity contribution in [2.24, 2.45) is 5.73 Å². The zero-order valence-corrected chi connectivity index (χ0v) is 19.2. The first-order valence-electron chi connectivity index (χ1n) is 11.0. The molecule has 1 aliphatic carbocycles. The number of alkyl halides is 3. The highest BCUT2D eigenvalue weighted by Gasteiger charge is 2.32. The summed E-state index contributed by atoms with van der Waals surface area (Å²) in [4.78, 5) is 24.7. The maximum atomic E-state index is 13.1. The third kappa shape index (κ3) is 4.93. The van der Waals surface area contributed by atoms with E-state index in [0.717, 1.165) is 39.6 Å². The van der Waals surface area contributed by atoms with Crippen LogP contribution in [-0.4, -0.2) is 28.1 Å². The molecule has 2 heterocycles. The number of fused-ring (bicyclic) bond motifs is 1. The van der Waals surface area contributed by atoms with Crippen molar-refractivity contribution in [3.63, 3.8) is 0 Å². The van der Waals surface area contributed by atoms with Crippen LogP contribution in [0.2, 0.25) is 0 Å². The first-order valence-corrected chi connectivity index (χ1v) is 11.8. The Balaban J connectivity index is 1.48. The molecule has 0 saturated heterocycles. The van der Waals surface area contributed by atoms with Crippen LogP contribution in [0.5, 0.6) is 0 Å². The van der Waals surface area contributed by atoms with Gasteiger partial charge in [0.25, 0.3) is 5.91 Å². The molecular formula is C25H21F3N4O2S. The number of aromatic nitrogens is 2. The average Bonchev–Trinajstić information content (AvgIpc) is 3.42. The molecule has 1 aliphatic rings. The quantitative estimate of drug-likeness (QED) is 0.384. The van der Waals surface area contributed by atoms with E-state index in [1.54, 1.807) is 16.9 Å². The second kappa shape index (κ2) is 8.84. The monoisotopic (exact) mass is 498 g/mol. The number of nitrogens with zero attached hydrogens (tertiary/aromatic N) is 2. The summed E-state index contributed by atoms with van der Waals surface area (Å²) in [5.74, 6) is -0.833. The lowest BCUT2D eigenvalue weighted by Crippen LogP contribution is -2.33. The van der Waals surface area contributed by atoms with Gasteiger partial charge in [-0.15, -0.1) is 11.3 Å². The van der Waals surface area contributed by atoms with E-state index >= 15 is 0 Å². The first-order chi connectivity index (χ1) is 16.7. The summed E-state index contributed by atoms with van der Waals surface area (Å²) in [6, 6.07) is 13.0. The molecular weight excluding hydrogens is 477 g/mol. The number of hydrogen-bond acceptors (Lipinski definition) is 4. The number of carbonyl (C=O) groups excluding carboxylic acids is 2. The number of hydrogen-bond donors (Lipinski definition) is 2. The zero-order chi connectivity index (χ0) is 24.7. The Morgan fingerprint density at radius 2 is 1.91 bits per heavy atom. The SMILES string of the molecule is NC(=O)CNC(=O)c1cn(-c2cccc3cc(Cc4cccc(C(F)(F)F)c4)sc23)nc1C1CC1. The number of nitrogens with two attached hydrogens (primary N) is 1. The van der Waals surface area contributed by atoms with Gasteiger partial charge < -0.3 is 11.1 Å². The topological polar surface area (TPSA) is 90.0 Å². The molecule has 0 spiro atoms. The second-order valence-corrected chi connectivity index (χ2v) is 9.72. The van der Waals surface area contributed by atoms with Gasteiger partial charge in [0.15, 0.2) is 0 Å². The summed E-state index contributed by atoms with van der Waals surface area (Å²) in [7, 11) is 0. The number of halogens is 3. The van der Waals surface area contributed by atoms with E-state index in [2.05, 4.69) is 5.32 Å². The summed E-state index contributed by atoms with van der Waals surface area (Å²) in [6.07, 6.45) is -0.472. The Kier molecular flexibility index (Phi) is 5.84. The number of rotatable bonds is 7. The van der Waals surface area contributed by atoms with Gasteiger partial charge in [-0.1, -0.05) is 30.3 Å². The van der Waals surface area contributed by atoms with Gasteiger partial charge in [0, 0.05) is 23.4 Å². The van der Waals surface area contributed by atoms with Gasteiger partial charge in [-0.2, -0.15) is 18.3 Å². The van der Waals surface area contributed by atoms with Gasteiger partial charge in [0.2, 0.25) is 5.91 Å². The number of benzene rings is 2. The predicted molar refractivity (Wildman–Crippen MR) is 127 cm³/mol. The van der Waals surface area contributed by atoms with E-state index in [-0.39, 0.29) is 12.5 Å². The normalized spacial score (nSPS) is 13.8. The van der Waals surface area contributed by atoms with Crippen molar-refractivity contribution in [1.29, 1.82) is 0 Å². The molecule has 2 aromatic carbocycles. The molecule has 4 aromatic rings. The molecule has 1 fully saturated rings. The second-order valence-electron chi connectivity index (χ2n) is 8.58. The van der Waals surface area contributed by atoms with E-state index in [1.165, 1.54) is 23.5 Å². The summed E-state index contributed by atoms with van der Waals surface area (Å²) in [5, 5.41) is 8.16. The zero-order valence-electron chi connectivity index (χ0n) is 18.4. The molecule has 5 rings (SSSR count). The van der Waals surface area contributed by atoms with Crippen molar-refractivity contribution in [3.05, 3.63) is 82.0 Å². The third-order valence-corrected chi connectivity index (χ3v) is 7.00. The van der Waals surface area contributed by atoms with Crippen molar-refractivity contribution in [2.75, 3.05) is 6.54 Å². The van der Waals surface area contributed by atoms with Gasteiger partial charge in [0.1, 0.15) is 0 Å². The van der Waals surface area contributed by atoms with Crippen LogP contribution in [0.1, 0.15) is 50.8 Å². The van der Waals surface area contributed by atoms with Gasteiger partial charge >= 0.3 is 6.18 Å². The summed E-state index contributed by atoms with van der Waals surface area (Å²) in [6.45, 7) is -0.256. The molecule has 0 radical (unpaired) electrons. The van der Waals surface area contributed by atoms with Crippen LogP contribution in [0.4, 0.5) is 13.2 Å². The van der Waals surface area contributed by atoms with Crippen LogP contribution in [0, 0.1) is 0 Å². The Morgan fingerprint density at radius 1 is 1.14 bits per heavy atom.